The molecule has 1 aliphatic rings. The van der Waals surface area contributed by atoms with Gasteiger partial charge in [-0.1, -0.05) is 31.2 Å². The first-order valence-electron chi connectivity index (χ1n) is 8.87. The first-order valence-corrected chi connectivity index (χ1v) is 10.3. The monoisotopic (exact) mass is 403 g/mol. The van der Waals surface area contributed by atoms with Crippen molar-refractivity contribution in [1.82, 2.24) is 14.2 Å². The lowest BCUT2D eigenvalue weighted by Gasteiger charge is -2.44. The molecule has 0 radical (unpaired) electrons. The van der Waals surface area contributed by atoms with Crippen LogP contribution < -0.4 is 0 Å². The largest absolute Gasteiger partial charge is 0.480 e. The van der Waals surface area contributed by atoms with Crippen LogP contribution in [0.5, 0.6) is 0 Å². The van der Waals surface area contributed by atoms with Gasteiger partial charge >= 0.3 is 5.97 Å². The number of benzene rings is 1. The van der Waals surface area contributed by atoms with Crippen molar-refractivity contribution in [2.75, 3.05) is 13.1 Å². The SMILES string of the molecule is CCCN1C(=O)CN(S(=O)(=O)c2ccccc2)C(C(=O)O)C1c1cccnc1. The Balaban J connectivity index is 2.14. The number of hydrogen-bond acceptors (Lipinski definition) is 5. The quantitative estimate of drug-likeness (QED) is 0.783. The van der Waals surface area contributed by atoms with Crippen LogP contribution in [0.25, 0.3) is 0 Å². The van der Waals surface area contributed by atoms with Gasteiger partial charge in [-0.2, -0.15) is 4.31 Å². The molecule has 28 heavy (non-hydrogen) atoms. The van der Waals surface area contributed by atoms with Crippen molar-refractivity contribution in [1.29, 1.82) is 0 Å². The van der Waals surface area contributed by atoms with E-state index in [0.29, 0.717) is 18.5 Å². The molecule has 1 aliphatic heterocycles. The Morgan fingerprint density at radius 3 is 2.50 bits per heavy atom. The highest BCUT2D eigenvalue weighted by Gasteiger charge is 2.50. The molecule has 0 aliphatic carbocycles. The Bertz CT molecular complexity index is 950. The van der Waals surface area contributed by atoms with E-state index in [1.165, 1.54) is 29.4 Å². The summed E-state index contributed by atoms with van der Waals surface area (Å²) in [5, 5.41) is 9.96. The predicted octanol–water partition coefficient (Wildman–Crippen LogP) is 1.52. The number of amides is 1. The Morgan fingerprint density at radius 2 is 1.93 bits per heavy atom. The van der Waals surface area contributed by atoms with Crippen molar-refractivity contribution in [3.63, 3.8) is 0 Å². The maximum atomic E-state index is 13.2. The van der Waals surface area contributed by atoms with Gasteiger partial charge in [-0.3, -0.25) is 14.6 Å². The van der Waals surface area contributed by atoms with E-state index in [-0.39, 0.29) is 4.90 Å². The lowest BCUT2D eigenvalue weighted by Crippen LogP contribution is -2.61. The molecule has 3 rings (SSSR count). The van der Waals surface area contributed by atoms with Crippen LogP contribution in [0.1, 0.15) is 24.9 Å². The summed E-state index contributed by atoms with van der Waals surface area (Å²) in [5.74, 6) is -1.75. The molecule has 1 fully saturated rings. The highest BCUT2D eigenvalue weighted by Crippen LogP contribution is 2.35. The molecule has 1 amide bonds. The van der Waals surface area contributed by atoms with Gasteiger partial charge in [0.05, 0.1) is 17.5 Å². The Hall–Kier alpha value is -2.78. The summed E-state index contributed by atoms with van der Waals surface area (Å²) in [4.78, 5) is 30.5. The van der Waals surface area contributed by atoms with E-state index >= 15 is 0 Å². The maximum Gasteiger partial charge on any atom is 0.324 e. The summed E-state index contributed by atoms with van der Waals surface area (Å²) in [6.07, 6.45) is 3.61. The molecule has 2 heterocycles. The van der Waals surface area contributed by atoms with Gasteiger partial charge in [0, 0.05) is 18.9 Å². The van der Waals surface area contributed by atoms with E-state index < -0.39 is 40.5 Å². The minimum Gasteiger partial charge on any atom is -0.480 e. The van der Waals surface area contributed by atoms with E-state index in [1.807, 2.05) is 6.92 Å². The van der Waals surface area contributed by atoms with Crippen molar-refractivity contribution in [2.24, 2.45) is 0 Å². The number of carboxylic acid groups (broad SMARTS) is 1. The summed E-state index contributed by atoms with van der Waals surface area (Å²) >= 11 is 0. The summed E-state index contributed by atoms with van der Waals surface area (Å²) < 4.78 is 27.1. The average molecular weight is 403 g/mol. The highest BCUT2D eigenvalue weighted by atomic mass is 32.2. The molecule has 1 aromatic carbocycles. The van der Waals surface area contributed by atoms with Crippen LogP contribution in [0.2, 0.25) is 0 Å². The van der Waals surface area contributed by atoms with E-state index in [4.69, 9.17) is 0 Å². The zero-order valence-electron chi connectivity index (χ0n) is 15.3. The van der Waals surface area contributed by atoms with Crippen LogP contribution in [0.3, 0.4) is 0 Å². The molecule has 1 aromatic heterocycles. The fraction of sp³-hybridized carbons (Fsp3) is 0.316. The maximum absolute atomic E-state index is 13.2. The summed E-state index contributed by atoms with van der Waals surface area (Å²) in [6.45, 7) is 1.67. The number of sulfonamides is 1. The van der Waals surface area contributed by atoms with E-state index in [0.717, 1.165) is 4.31 Å². The first kappa shape index (κ1) is 20.0. The van der Waals surface area contributed by atoms with Crippen molar-refractivity contribution in [3.8, 4) is 0 Å². The van der Waals surface area contributed by atoms with Crippen LogP contribution in [0.4, 0.5) is 0 Å². The number of nitrogens with zero attached hydrogens (tertiary/aromatic N) is 3. The van der Waals surface area contributed by atoms with Crippen molar-refractivity contribution in [2.45, 2.75) is 30.3 Å². The van der Waals surface area contributed by atoms with Gasteiger partial charge in [0.25, 0.3) is 0 Å². The number of carbonyl (C=O) groups is 2. The topological polar surface area (TPSA) is 108 Å². The second-order valence-electron chi connectivity index (χ2n) is 6.46. The third-order valence-corrected chi connectivity index (χ3v) is 6.49. The molecule has 8 nitrogen and oxygen atoms in total. The molecule has 2 unspecified atom stereocenters. The minimum atomic E-state index is -4.18. The van der Waals surface area contributed by atoms with Crippen LogP contribution in [0, 0.1) is 0 Å². The third kappa shape index (κ3) is 3.63. The third-order valence-electron chi connectivity index (χ3n) is 4.65. The summed E-state index contributed by atoms with van der Waals surface area (Å²) in [6, 6.07) is 8.40. The van der Waals surface area contributed by atoms with E-state index in [9.17, 15) is 23.1 Å². The lowest BCUT2D eigenvalue weighted by atomic mass is 9.96. The molecular formula is C19H21N3O5S. The minimum absolute atomic E-state index is 0.0528. The standard InChI is InChI=1S/C19H21N3O5S/c1-2-11-21-16(23)13-22(28(26,27)15-8-4-3-5-9-15)18(19(24)25)17(21)14-7-6-10-20-12-14/h3-10,12,17-18H,2,11,13H2,1H3,(H,24,25). The fourth-order valence-electron chi connectivity index (χ4n) is 3.44. The molecule has 2 aromatic rings. The smallest absolute Gasteiger partial charge is 0.324 e. The Morgan fingerprint density at radius 1 is 1.21 bits per heavy atom. The van der Waals surface area contributed by atoms with Crippen LogP contribution in [0.15, 0.2) is 59.8 Å². The molecule has 0 spiro atoms. The average Bonchev–Trinajstić information content (AvgIpc) is 2.70. The second kappa shape index (κ2) is 8.07. The van der Waals surface area contributed by atoms with E-state index in [1.54, 1.807) is 30.3 Å². The van der Waals surface area contributed by atoms with Gasteiger partial charge in [0.15, 0.2) is 0 Å². The van der Waals surface area contributed by atoms with Gasteiger partial charge in [-0.25, -0.2) is 8.42 Å². The lowest BCUT2D eigenvalue weighted by molar-refractivity contribution is -0.153. The number of aromatic nitrogens is 1. The molecule has 148 valence electrons. The van der Waals surface area contributed by atoms with Gasteiger partial charge in [0.2, 0.25) is 15.9 Å². The van der Waals surface area contributed by atoms with Gasteiger partial charge in [0.1, 0.15) is 6.04 Å². The Labute approximate surface area is 163 Å². The number of carboxylic acids is 1. The van der Waals surface area contributed by atoms with Crippen LogP contribution in [-0.4, -0.2) is 58.7 Å². The number of pyridine rings is 1. The number of piperazine rings is 1. The predicted molar refractivity (Wildman–Crippen MR) is 101 cm³/mol. The van der Waals surface area contributed by atoms with Crippen molar-refractivity contribution >= 4 is 21.9 Å². The fourth-order valence-corrected chi connectivity index (χ4v) is 5.00. The van der Waals surface area contributed by atoms with Crippen LogP contribution in [-0.2, 0) is 19.6 Å². The zero-order chi connectivity index (χ0) is 20.3. The molecule has 1 N–H and O–H groups in total. The van der Waals surface area contributed by atoms with E-state index in [2.05, 4.69) is 4.98 Å². The first-order chi connectivity index (χ1) is 13.4. The van der Waals surface area contributed by atoms with Crippen molar-refractivity contribution < 1.29 is 23.1 Å². The number of hydrogen-bond donors (Lipinski definition) is 1. The summed E-state index contributed by atoms with van der Waals surface area (Å²) in [7, 11) is -4.18. The Kier molecular flexibility index (Phi) is 5.76. The summed E-state index contributed by atoms with van der Waals surface area (Å²) in [5.41, 5.74) is 0.477. The van der Waals surface area contributed by atoms with Gasteiger partial charge < -0.3 is 10.0 Å². The molecular weight excluding hydrogens is 382 g/mol. The highest BCUT2D eigenvalue weighted by molar-refractivity contribution is 7.89. The molecule has 0 saturated carbocycles. The molecule has 9 heteroatoms. The molecule has 2 atom stereocenters. The molecule has 0 bridgehead atoms. The number of aliphatic carboxylic acids is 1. The van der Waals surface area contributed by atoms with Crippen LogP contribution >= 0.6 is 0 Å². The zero-order valence-corrected chi connectivity index (χ0v) is 16.1. The van der Waals surface area contributed by atoms with Gasteiger partial charge in [-0.15, -0.1) is 0 Å². The second-order valence-corrected chi connectivity index (χ2v) is 8.36. The van der Waals surface area contributed by atoms with Gasteiger partial charge in [-0.05, 0) is 30.2 Å². The number of carbonyl (C=O) groups excluding carboxylic acids is 1. The van der Waals surface area contributed by atoms with Crippen molar-refractivity contribution in [3.05, 3.63) is 60.4 Å². The normalized spacial score (nSPS) is 20.9. The number of rotatable bonds is 6. The molecule has 1 saturated heterocycles.